The molecule has 0 saturated carbocycles. The molecule has 1 aliphatic rings. The molecule has 0 radical (unpaired) electrons. The summed E-state index contributed by atoms with van der Waals surface area (Å²) in [5.74, 6) is -0.827. The number of carboxylic acid groups (broad SMARTS) is 1. The number of amides is 1. The fraction of sp³-hybridized carbons (Fsp3) is 0.833. The average Bonchev–Trinajstić information content (AvgIpc) is 2.38. The van der Waals surface area contributed by atoms with Gasteiger partial charge in [-0.05, 0) is 13.3 Å². The minimum atomic E-state index is -0.818. The van der Waals surface area contributed by atoms with Crippen LogP contribution in [-0.4, -0.2) is 72.2 Å². The van der Waals surface area contributed by atoms with Crippen LogP contribution in [0.15, 0.2) is 0 Å². The lowest BCUT2D eigenvalue weighted by molar-refractivity contribution is -0.144. The smallest absolute Gasteiger partial charge is 0.320 e. The number of carboxylic acids is 1. The number of rotatable bonds is 6. The predicted molar refractivity (Wildman–Crippen MR) is 66.4 cm³/mol. The fourth-order valence-electron chi connectivity index (χ4n) is 1.91. The molecular weight excluding hydrogens is 236 g/mol. The van der Waals surface area contributed by atoms with E-state index in [0.717, 1.165) is 6.42 Å². The highest BCUT2D eigenvalue weighted by Gasteiger charge is 2.26. The predicted octanol–water partition coefficient (Wildman–Crippen LogP) is 0.0303. The Morgan fingerprint density at radius 1 is 1.28 bits per heavy atom. The van der Waals surface area contributed by atoms with E-state index >= 15 is 0 Å². The van der Waals surface area contributed by atoms with Gasteiger partial charge in [-0.3, -0.25) is 14.5 Å². The maximum Gasteiger partial charge on any atom is 0.320 e. The third-order valence-corrected chi connectivity index (χ3v) is 3.15. The summed E-state index contributed by atoms with van der Waals surface area (Å²) >= 11 is 0. The third-order valence-electron chi connectivity index (χ3n) is 3.15. The van der Waals surface area contributed by atoms with E-state index in [4.69, 9.17) is 9.84 Å². The van der Waals surface area contributed by atoms with E-state index in [2.05, 4.69) is 0 Å². The van der Waals surface area contributed by atoms with E-state index in [1.165, 1.54) is 0 Å². The lowest BCUT2D eigenvalue weighted by Gasteiger charge is -2.36. The zero-order chi connectivity index (χ0) is 13.5. The van der Waals surface area contributed by atoms with Crippen molar-refractivity contribution >= 4 is 11.9 Å². The molecule has 6 nitrogen and oxygen atoms in total. The van der Waals surface area contributed by atoms with Gasteiger partial charge in [0, 0.05) is 32.8 Å². The van der Waals surface area contributed by atoms with Crippen LogP contribution in [-0.2, 0) is 14.3 Å². The summed E-state index contributed by atoms with van der Waals surface area (Å²) in [6.45, 7) is 6.75. The first-order chi connectivity index (χ1) is 8.56. The van der Waals surface area contributed by atoms with Gasteiger partial charge in [0.25, 0.3) is 0 Å². The Bertz CT molecular complexity index is 288. The van der Waals surface area contributed by atoms with E-state index < -0.39 is 12.0 Å². The molecule has 1 rings (SSSR count). The molecule has 1 amide bonds. The second kappa shape index (κ2) is 7.33. The molecule has 1 N–H and O–H groups in total. The first-order valence-electron chi connectivity index (χ1n) is 6.38. The third kappa shape index (κ3) is 4.27. The van der Waals surface area contributed by atoms with Gasteiger partial charge in [0.05, 0.1) is 0 Å². The molecule has 1 atom stereocenters. The van der Waals surface area contributed by atoms with Gasteiger partial charge in [0.2, 0.25) is 5.91 Å². The molecule has 0 spiro atoms. The van der Waals surface area contributed by atoms with Crippen molar-refractivity contribution in [1.29, 1.82) is 0 Å². The SMILES string of the molecule is CCCOCC(=O)N1CCN(C(C)C(=O)O)CC1. The number of piperazine rings is 1. The zero-order valence-electron chi connectivity index (χ0n) is 11.1. The minimum Gasteiger partial charge on any atom is -0.480 e. The average molecular weight is 258 g/mol. The highest BCUT2D eigenvalue weighted by atomic mass is 16.5. The summed E-state index contributed by atoms with van der Waals surface area (Å²) in [4.78, 5) is 26.2. The van der Waals surface area contributed by atoms with Crippen LogP contribution in [0.5, 0.6) is 0 Å². The Hall–Kier alpha value is -1.14. The standard InChI is InChI=1S/C12H22N2O4/c1-3-8-18-9-11(15)14-6-4-13(5-7-14)10(2)12(16)17/h10H,3-9H2,1-2H3,(H,16,17). The van der Waals surface area contributed by atoms with Crippen molar-refractivity contribution in [3.05, 3.63) is 0 Å². The van der Waals surface area contributed by atoms with Gasteiger partial charge in [-0.2, -0.15) is 0 Å². The summed E-state index contributed by atoms with van der Waals surface area (Å²) in [7, 11) is 0. The van der Waals surface area contributed by atoms with Crippen molar-refractivity contribution in [2.75, 3.05) is 39.4 Å². The van der Waals surface area contributed by atoms with Gasteiger partial charge in [-0.1, -0.05) is 6.92 Å². The zero-order valence-corrected chi connectivity index (χ0v) is 11.1. The first kappa shape index (κ1) is 14.9. The van der Waals surface area contributed by atoms with E-state index in [9.17, 15) is 9.59 Å². The van der Waals surface area contributed by atoms with Crippen molar-refractivity contribution in [2.45, 2.75) is 26.3 Å². The number of hydrogen-bond acceptors (Lipinski definition) is 4. The largest absolute Gasteiger partial charge is 0.480 e. The fourth-order valence-corrected chi connectivity index (χ4v) is 1.91. The number of carbonyl (C=O) groups is 2. The molecule has 1 heterocycles. The van der Waals surface area contributed by atoms with Crippen molar-refractivity contribution in [2.24, 2.45) is 0 Å². The minimum absolute atomic E-state index is 0.00826. The molecule has 1 fully saturated rings. The molecule has 104 valence electrons. The number of hydrogen-bond donors (Lipinski definition) is 1. The molecule has 1 aliphatic heterocycles. The summed E-state index contributed by atoms with van der Waals surface area (Å²) in [6, 6.07) is -0.487. The van der Waals surface area contributed by atoms with Crippen LogP contribution < -0.4 is 0 Å². The van der Waals surface area contributed by atoms with Gasteiger partial charge in [-0.15, -0.1) is 0 Å². The maximum absolute atomic E-state index is 11.7. The highest BCUT2D eigenvalue weighted by molar-refractivity contribution is 5.77. The van der Waals surface area contributed by atoms with Crippen molar-refractivity contribution in [3.63, 3.8) is 0 Å². The second-order valence-electron chi connectivity index (χ2n) is 4.48. The van der Waals surface area contributed by atoms with Crippen LogP contribution >= 0.6 is 0 Å². The van der Waals surface area contributed by atoms with Crippen LogP contribution in [0.1, 0.15) is 20.3 Å². The summed E-state index contributed by atoms with van der Waals surface area (Å²) in [5, 5.41) is 8.91. The Labute approximate surface area is 107 Å². The molecular formula is C12H22N2O4. The molecule has 1 unspecified atom stereocenters. The number of aliphatic carboxylic acids is 1. The number of carbonyl (C=O) groups excluding carboxylic acids is 1. The maximum atomic E-state index is 11.7. The van der Waals surface area contributed by atoms with Crippen LogP contribution in [0.25, 0.3) is 0 Å². The molecule has 18 heavy (non-hydrogen) atoms. The van der Waals surface area contributed by atoms with Crippen LogP contribution in [0.2, 0.25) is 0 Å². The van der Waals surface area contributed by atoms with Gasteiger partial charge >= 0.3 is 5.97 Å². The molecule has 0 aromatic rings. The van der Waals surface area contributed by atoms with Gasteiger partial charge in [0.15, 0.2) is 0 Å². The van der Waals surface area contributed by atoms with Gasteiger partial charge in [0.1, 0.15) is 12.6 Å². The lowest BCUT2D eigenvalue weighted by atomic mass is 10.2. The highest BCUT2D eigenvalue weighted by Crippen LogP contribution is 2.07. The van der Waals surface area contributed by atoms with Crippen LogP contribution in [0.3, 0.4) is 0 Å². The van der Waals surface area contributed by atoms with Crippen molar-refractivity contribution in [1.82, 2.24) is 9.80 Å². The number of ether oxygens (including phenoxy) is 1. The van der Waals surface area contributed by atoms with E-state index in [1.54, 1.807) is 11.8 Å². The Morgan fingerprint density at radius 2 is 1.89 bits per heavy atom. The molecule has 0 aromatic carbocycles. The quantitative estimate of drug-likeness (QED) is 0.681. The topological polar surface area (TPSA) is 70.1 Å². The molecule has 1 saturated heterocycles. The summed E-state index contributed by atoms with van der Waals surface area (Å²) in [5.41, 5.74) is 0. The monoisotopic (exact) mass is 258 g/mol. The van der Waals surface area contributed by atoms with Crippen molar-refractivity contribution < 1.29 is 19.4 Å². The Balaban J connectivity index is 2.30. The molecule has 0 aromatic heterocycles. The summed E-state index contributed by atoms with van der Waals surface area (Å²) in [6.07, 6.45) is 0.900. The first-order valence-corrected chi connectivity index (χ1v) is 6.38. The second-order valence-corrected chi connectivity index (χ2v) is 4.48. The van der Waals surface area contributed by atoms with Crippen LogP contribution in [0, 0.1) is 0 Å². The van der Waals surface area contributed by atoms with Crippen molar-refractivity contribution in [3.8, 4) is 0 Å². The lowest BCUT2D eigenvalue weighted by Crippen LogP contribution is -2.53. The molecule has 0 aliphatic carbocycles. The van der Waals surface area contributed by atoms with E-state index in [-0.39, 0.29) is 12.5 Å². The van der Waals surface area contributed by atoms with E-state index in [1.807, 2.05) is 11.8 Å². The van der Waals surface area contributed by atoms with E-state index in [0.29, 0.717) is 32.8 Å². The molecule has 0 bridgehead atoms. The van der Waals surface area contributed by atoms with Gasteiger partial charge in [-0.25, -0.2) is 0 Å². The summed E-state index contributed by atoms with van der Waals surface area (Å²) < 4.78 is 5.21. The molecule has 6 heteroatoms. The van der Waals surface area contributed by atoms with Gasteiger partial charge < -0.3 is 14.7 Å². The Kier molecular flexibility index (Phi) is 6.07. The Morgan fingerprint density at radius 3 is 2.39 bits per heavy atom. The number of nitrogens with zero attached hydrogens (tertiary/aromatic N) is 2. The normalized spacial score (nSPS) is 18.7. The van der Waals surface area contributed by atoms with Crippen LogP contribution in [0.4, 0.5) is 0 Å².